The van der Waals surface area contributed by atoms with E-state index < -0.39 is 0 Å². The van der Waals surface area contributed by atoms with Crippen LogP contribution in [0.4, 0.5) is 0 Å². The zero-order valence-electron chi connectivity index (χ0n) is 15.0. The summed E-state index contributed by atoms with van der Waals surface area (Å²) >= 11 is 1.90. The molecule has 0 bridgehead atoms. The van der Waals surface area contributed by atoms with Crippen molar-refractivity contribution in [3.63, 3.8) is 0 Å². The van der Waals surface area contributed by atoms with Gasteiger partial charge in [-0.2, -0.15) is 0 Å². The van der Waals surface area contributed by atoms with Crippen LogP contribution in [-0.4, -0.2) is 53.9 Å². The summed E-state index contributed by atoms with van der Waals surface area (Å²) in [5.41, 5.74) is 4.42. The first kappa shape index (κ1) is 17.1. The Labute approximate surface area is 155 Å². The van der Waals surface area contributed by atoms with Crippen LogP contribution in [0.25, 0.3) is 0 Å². The number of rotatable bonds is 4. The zero-order valence-corrected chi connectivity index (χ0v) is 15.8. The minimum Gasteiger partial charge on any atom is -0.304 e. The van der Waals surface area contributed by atoms with Gasteiger partial charge in [0.25, 0.3) is 0 Å². The van der Waals surface area contributed by atoms with Crippen molar-refractivity contribution in [2.45, 2.75) is 24.4 Å². The van der Waals surface area contributed by atoms with E-state index in [2.05, 4.69) is 69.7 Å². The predicted molar refractivity (Wildman–Crippen MR) is 106 cm³/mol. The summed E-state index contributed by atoms with van der Waals surface area (Å²) in [6.45, 7) is 7.99. The van der Waals surface area contributed by atoms with Crippen molar-refractivity contribution >= 4 is 11.9 Å². The van der Waals surface area contributed by atoms with Crippen LogP contribution in [0.15, 0.2) is 53.4 Å². The molecule has 2 aromatic carbocycles. The second kappa shape index (κ2) is 7.92. The van der Waals surface area contributed by atoms with Gasteiger partial charge >= 0.3 is 0 Å². The van der Waals surface area contributed by atoms with Crippen molar-refractivity contribution in [3.8, 4) is 0 Å². The summed E-state index contributed by atoms with van der Waals surface area (Å²) in [6, 6.07) is 18.0. The Morgan fingerprint density at radius 2 is 1.56 bits per heavy atom. The van der Waals surface area contributed by atoms with Crippen LogP contribution >= 0.6 is 11.9 Å². The van der Waals surface area contributed by atoms with Gasteiger partial charge in [-0.1, -0.05) is 36.4 Å². The Bertz CT molecular complexity index is 693. The van der Waals surface area contributed by atoms with Gasteiger partial charge in [0.2, 0.25) is 0 Å². The number of hydrogen-bond acceptors (Lipinski definition) is 4. The molecule has 1 saturated heterocycles. The molecule has 2 heterocycles. The first-order valence-corrected chi connectivity index (χ1v) is 10.0. The van der Waals surface area contributed by atoms with Crippen molar-refractivity contribution in [1.82, 2.24) is 14.1 Å². The summed E-state index contributed by atoms with van der Waals surface area (Å²) in [5, 5.41) is 0. The van der Waals surface area contributed by atoms with Crippen LogP contribution in [0.2, 0.25) is 0 Å². The van der Waals surface area contributed by atoms with E-state index in [0.717, 1.165) is 26.1 Å². The highest BCUT2D eigenvalue weighted by atomic mass is 32.2. The lowest BCUT2D eigenvalue weighted by atomic mass is 10.0. The third-order valence-electron chi connectivity index (χ3n) is 5.26. The quantitative estimate of drug-likeness (QED) is 0.778. The van der Waals surface area contributed by atoms with Gasteiger partial charge in [-0.15, -0.1) is 0 Å². The first-order chi connectivity index (χ1) is 12.3. The minimum absolute atomic E-state index is 1.05. The van der Waals surface area contributed by atoms with Gasteiger partial charge in [-0.05, 0) is 54.2 Å². The molecule has 0 unspecified atom stereocenters. The number of hydrogen-bond donors (Lipinski definition) is 0. The highest BCUT2D eigenvalue weighted by Crippen LogP contribution is 2.29. The van der Waals surface area contributed by atoms with Crippen LogP contribution in [0.1, 0.15) is 16.7 Å². The smallest absolute Gasteiger partial charge is 0.0346 e. The number of benzene rings is 2. The fourth-order valence-corrected chi connectivity index (χ4v) is 4.56. The summed E-state index contributed by atoms with van der Waals surface area (Å²) in [4.78, 5) is 6.32. The molecule has 0 atom stereocenters. The topological polar surface area (TPSA) is 9.72 Å². The Balaban J connectivity index is 1.32. The van der Waals surface area contributed by atoms with E-state index in [9.17, 15) is 0 Å². The fraction of sp³-hybridized carbons (Fsp3) is 0.429. The van der Waals surface area contributed by atoms with Crippen LogP contribution in [0.5, 0.6) is 0 Å². The molecule has 0 amide bonds. The monoisotopic (exact) mass is 353 g/mol. The SMILES string of the molecule is CN1CCN(Cc2ccc(SN3CCc4ccccc4C3)cc2)CC1. The molecule has 25 heavy (non-hydrogen) atoms. The van der Waals surface area contributed by atoms with Gasteiger partial charge in [-0.3, -0.25) is 4.90 Å². The van der Waals surface area contributed by atoms with Crippen LogP contribution in [-0.2, 0) is 19.5 Å². The van der Waals surface area contributed by atoms with Crippen molar-refractivity contribution in [1.29, 1.82) is 0 Å². The van der Waals surface area contributed by atoms with E-state index in [0.29, 0.717) is 0 Å². The average molecular weight is 354 g/mol. The van der Waals surface area contributed by atoms with E-state index >= 15 is 0 Å². The highest BCUT2D eigenvalue weighted by Gasteiger charge is 2.17. The summed E-state index contributed by atoms with van der Waals surface area (Å²) in [6.07, 6.45) is 1.16. The standard InChI is InChI=1S/C21H27N3S/c1-22-12-14-23(15-13-22)16-18-6-8-21(9-7-18)25-24-11-10-19-4-2-3-5-20(19)17-24/h2-9H,10-17H2,1H3. The van der Waals surface area contributed by atoms with Crippen molar-refractivity contribution in [2.75, 3.05) is 39.8 Å². The van der Waals surface area contributed by atoms with E-state index in [-0.39, 0.29) is 0 Å². The normalized spacial score (nSPS) is 19.7. The summed E-state index contributed by atoms with van der Waals surface area (Å²) in [7, 11) is 2.21. The first-order valence-electron chi connectivity index (χ1n) is 9.26. The van der Waals surface area contributed by atoms with Crippen molar-refractivity contribution in [2.24, 2.45) is 0 Å². The Hall–Kier alpha value is -1.33. The lowest BCUT2D eigenvalue weighted by Crippen LogP contribution is -2.43. The fourth-order valence-electron chi connectivity index (χ4n) is 3.62. The largest absolute Gasteiger partial charge is 0.304 e. The van der Waals surface area contributed by atoms with Gasteiger partial charge in [-0.25, -0.2) is 4.31 Å². The van der Waals surface area contributed by atoms with Gasteiger partial charge in [0.05, 0.1) is 0 Å². The van der Waals surface area contributed by atoms with Crippen LogP contribution < -0.4 is 0 Å². The molecule has 0 radical (unpaired) electrons. The number of likely N-dealkylation sites (N-methyl/N-ethyl adjacent to an activating group) is 1. The number of nitrogens with zero attached hydrogens (tertiary/aromatic N) is 3. The van der Waals surface area contributed by atoms with Gasteiger partial charge in [0.1, 0.15) is 0 Å². The highest BCUT2D eigenvalue weighted by molar-refractivity contribution is 7.97. The van der Waals surface area contributed by atoms with Crippen LogP contribution in [0.3, 0.4) is 0 Å². The average Bonchev–Trinajstić information content (AvgIpc) is 2.65. The van der Waals surface area contributed by atoms with Gasteiger partial charge < -0.3 is 4.90 Å². The molecule has 0 saturated carbocycles. The van der Waals surface area contributed by atoms with Crippen LogP contribution in [0, 0.1) is 0 Å². The summed E-state index contributed by atoms with van der Waals surface area (Å²) in [5.74, 6) is 0. The maximum Gasteiger partial charge on any atom is 0.0346 e. The minimum atomic E-state index is 1.05. The second-order valence-corrected chi connectivity index (χ2v) is 8.37. The molecule has 0 spiro atoms. The van der Waals surface area contributed by atoms with E-state index in [1.165, 1.54) is 47.8 Å². The Kier molecular flexibility index (Phi) is 5.42. The predicted octanol–water partition coefficient (Wildman–Crippen LogP) is 3.50. The van der Waals surface area contributed by atoms with Gasteiger partial charge in [0.15, 0.2) is 0 Å². The molecule has 4 rings (SSSR count). The molecule has 2 aromatic rings. The molecule has 0 N–H and O–H groups in total. The van der Waals surface area contributed by atoms with Crippen molar-refractivity contribution < 1.29 is 0 Å². The van der Waals surface area contributed by atoms with E-state index in [4.69, 9.17) is 0 Å². The third kappa shape index (κ3) is 4.45. The Morgan fingerprint density at radius 3 is 2.32 bits per heavy atom. The van der Waals surface area contributed by atoms with E-state index in [1.54, 1.807) is 0 Å². The second-order valence-electron chi connectivity index (χ2n) is 7.20. The zero-order chi connectivity index (χ0) is 17.1. The molecule has 1 fully saturated rings. The molecule has 132 valence electrons. The molecule has 3 nitrogen and oxygen atoms in total. The van der Waals surface area contributed by atoms with Crippen molar-refractivity contribution in [3.05, 3.63) is 65.2 Å². The lowest BCUT2D eigenvalue weighted by molar-refractivity contribution is 0.148. The number of piperazine rings is 1. The summed E-state index contributed by atoms with van der Waals surface area (Å²) < 4.78 is 2.48. The Morgan fingerprint density at radius 1 is 0.840 bits per heavy atom. The molecule has 2 aliphatic rings. The molecule has 4 heteroatoms. The maximum absolute atomic E-state index is 2.56. The molecule has 2 aliphatic heterocycles. The lowest BCUT2D eigenvalue weighted by Gasteiger charge is -2.32. The van der Waals surface area contributed by atoms with E-state index in [1.807, 2.05) is 11.9 Å². The molecule has 0 aliphatic carbocycles. The maximum atomic E-state index is 2.56. The number of fused-ring (bicyclic) bond motifs is 1. The van der Waals surface area contributed by atoms with Gasteiger partial charge in [0, 0.05) is 50.7 Å². The third-order valence-corrected chi connectivity index (χ3v) is 6.31. The molecular weight excluding hydrogens is 326 g/mol. The molecular formula is C21H27N3S. The molecule has 0 aromatic heterocycles.